The standard InChI is InChI=1S/C14H9Cl2FN2O3/c15-8-1-2-11(10(17)5-8)19-13(20)7-22-14(21)12-6-9(16)3-4-18-12/h1-6H,7H2,(H,19,20). The largest absolute Gasteiger partial charge is 0.451 e. The van der Waals surface area contributed by atoms with Crippen molar-refractivity contribution in [3.63, 3.8) is 0 Å². The Morgan fingerprint density at radius 1 is 1.18 bits per heavy atom. The first-order valence-corrected chi connectivity index (χ1v) is 6.75. The third kappa shape index (κ3) is 4.41. The Kier molecular flexibility index (Phi) is 5.30. The third-order valence-electron chi connectivity index (χ3n) is 2.47. The van der Waals surface area contributed by atoms with Gasteiger partial charge in [-0.15, -0.1) is 0 Å². The van der Waals surface area contributed by atoms with Crippen LogP contribution in [0.2, 0.25) is 10.0 Å². The van der Waals surface area contributed by atoms with E-state index in [0.29, 0.717) is 5.02 Å². The summed E-state index contributed by atoms with van der Waals surface area (Å²) in [5.41, 5.74) is -0.0932. The lowest BCUT2D eigenvalue weighted by Gasteiger charge is -2.07. The van der Waals surface area contributed by atoms with E-state index in [2.05, 4.69) is 10.3 Å². The van der Waals surface area contributed by atoms with Crippen LogP contribution in [0.25, 0.3) is 0 Å². The number of amides is 1. The summed E-state index contributed by atoms with van der Waals surface area (Å²) in [7, 11) is 0. The van der Waals surface area contributed by atoms with Crippen molar-refractivity contribution >= 4 is 40.8 Å². The number of halogens is 3. The number of nitrogens with one attached hydrogen (secondary N) is 1. The molecule has 0 aliphatic carbocycles. The molecule has 0 spiro atoms. The first kappa shape index (κ1) is 16.2. The predicted octanol–water partition coefficient (Wildman–Crippen LogP) is 3.32. The SMILES string of the molecule is O=C(COC(=O)c1cc(Cl)ccn1)Nc1ccc(Cl)cc1F. The van der Waals surface area contributed by atoms with Gasteiger partial charge in [-0.2, -0.15) is 0 Å². The van der Waals surface area contributed by atoms with Gasteiger partial charge in [0.15, 0.2) is 6.61 Å². The average Bonchev–Trinajstić information content (AvgIpc) is 2.47. The Hall–Kier alpha value is -2.18. The van der Waals surface area contributed by atoms with Crippen molar-refractivity contribution in [1.82, 2.24) is 4.98 Å². The molecule has 0 aliphatic heterocycles. The molecule has 1 N–H and O–H groups in total. The van der Waals surface area contributed by atoms with E-state index < -0.39 is 24.3 Å². The molecule has 2 aromatic rings. The molecule has 1 heterocycles. The summed E-state index contributed by atoms with van der Waals surface area (Å²) in [5.74, 6) is -2.20. The number of carbonyl (C=O) groups excluding carboxylic acids is 2. The molecule has 0 saturated heterocycles. The Morgan fingerprint density at radius 3 is 2.59 bits per heavy atom. The van der Waals surface area contributed by atoms with E-state index >= 15 is 0 Å². The second-order valence-electron chi connectivity index (χ2n) is 4.11. The van der Waals surface area contributed by atoms with E-state index in [1.54, 1.807) is 0 Å². The lowest BCUT2D eigenvalue weighted by molar-refractivity contribution is -0.119. The first-order valence-electron chi connectivity index (χ1n) is 5.99. The van der Waals surface area contributed by atoms with Crippen LogP contribution < -0.4 is 5.32 Å². The Morgan fingerprint density at radius 2 is 1.91 bits per heavy atom. The molecular weight excluding hydrogens is 334 g/mol. The number of rotatable bonds is 4. The van der Waals surface area contributed by atoms with Crippen molar-refractivity contribution in [3.8, 4) is 0 Å². The van der Waals surface area contributed by atoms with Gasteiger partial charge in [0.1, 0.15) is 11.5 Å². The molecular formula is C14H9Cl2FN2O3. The predicted molar refractivity (Wildman–Crippen MR) is 79.6 cm³/mol. The molecule has 0 saturated carbocycles. The number of carbonyl (C=O) groups is 2. The minimum atomic E-state index is -0.811. The highest BCUT2D eigenvalue weighted by atomic mass is 35.5. The van der Waals surface area contributed by atoms with Crippen LogP contribution in [-0.4, -0.2) is 23.5 Å². The molecule has 5 nitrogen and oxygen atoms in total. The van der Waals surface area contributed by atoms with Gasteiger partial charge in [-0.3, -0.25) is 4.79 Å². The van der Waals surface area contributed by atoms with E-state index in [9.17, 15) is 14.0 Å². The summed E-state index contributed by atoms with van der Waals surface area (Å²) < 4.78 is 18.2. The molecule has 2 rings (SSSR count). The number of ether oxygens (including phenoxy) is 1. The lowest BCUT2D eigenvalue weighted by atomic mass is 10.3. The highest BCUT2D eigenvalue weighted by molar-refractivity contribution is 6.31. The Balaban J connectivity index is 1.91. The lowest BCUT2D eigenvalue weighted by Crippen LogP contribution is -2.21. The second-order valence-corrected chi connectivity index (χ2v) is 4.98. The summed E-state index contributed by atoms with van der Waals surface area (Å²) >= 11 is 11.3. The minimum Gasteiger partial charge on any atom is -0.451 e. The number of nitrogens with zero attached hydrogens (tertiary/aromatic N) is 1. The van der Waals surface area contributed by atoms with E-state index in [1.807, 2.05) is 0 Å². The van der Waals surface area contributed by atoms with Gasteiger partial charge in [-0.25, -0.2) is 14.2 Å². The summed E-state index contributed by atoms with van der Waals surface area (Å²) in [6.07, 6.45) is 1.34. The highest BCUT2D eigenvalue weighted by Gasteiger charge is 2.13. The van der Waals surface area contributed by atoms with Gasteiger partial charge in [-0.05, 0) is 30.3 Å². The number of pyridine rings is 1. The van der Waals surface area contributed by atoms with Crippen LogP contribution in [0, 0.1) is 5.82 Å². The second kappa shape index (κ2) is 7.20. The molecule has 22 heavy (non-hydrogen) atoms. The van der Waals surface area contributed by atoms with Crippen molar-refractivity contribution < 1.29 is 18.7 Å². The van der Waals surface area contributed by atoms with Crippen molar-refractivity contribution in [1.29, 1.82) is 0 Å². The van der Waals surface area contributed by atoms with Crippen LogP contribution in [0.5, 0.6) is 0 Å². The summed E-state index contributed by atoms with van der Waals surface area (Å²) in [5, 5.41) is 2.78. The van der Waals surface area contributed by atoms with Gasteiger partial charge < -0.3 is 10.1 Å². The Labute approximate surface area is 135 Å². The Bertz CT molecular complexity index is 725. The maximum absolute atomic E-state index is 13.5. The fourth-order valence-electron chi connectivity index (χ4n) is 1.50. The van der Waals surface area contributed by atoms with Crippen molar-refractivity contribution in [2.45, 2.75) is 0 Å². The normalized spacial score (nSPS) is 10.1. The van der Waals surface area contributed by atoms with Crippen LogP contribution in [0.15, 0.2) is 36.5 Å². The molecule has 0 aliphatic rings. The third-order valence-corrected chi connectivity index (χ3v) is 2.94. The molecule has 0 bridgehead atoms. The number of esters is 1. The van der Waals surface area contributed by atoms with Crippen LogP contribution in [-0.2, 0) is 9.53 Å². The molecule has 1 aromatic carbocycles. The van der Waals surface area contributed by atoms with Gasteiger partial charge >= 0.3 is 5.97 Å². The summed E-state index contributed by atoms with van der Waals surface area (Å²) in [4.78, 5) is 27.0. The van der Waals surface area contributed by atoms with Gasteiger partial charge in [0, 0.05) is 16.2 Å². The van der Waals surface area contributed by atoms with Crippen LogP contribution in [0.1, 0.15) is 10.5 Å². The number of hydrogen-bond acceptors (Lipinski definition) is 4. The molecule has 0 fully saturated rings. The fraction of sp³-hybridized carbons (Fsp3) is 0.0714. The highest BCUT2D eigenvalue weighted by Crippen LogP contribution is 2.18. The summed E-state index contributed by atoms with van der Waals surface area (Å²) in [6, 6.07) is 6.58. The number of anilines is 1. The van der Waals surface area contributed by atoms with Crippen molar-refractivity contribution in [2.24, 2.45) is 0 Å². The zero-order valence-corrected chi connectivity index (χ0v) is 12.5. The number of benzene rings is 1. The maximum Gasteiger partial charge on any atom is 0.357 e. The van der Waals surface area contributed by atoms with Gasteiger partial charge in [0.25, 0.3) is 5.91 Å². The molecule has 0 unspecified atom stereocenters. The minimum absolute atomic E-state index is 0.0297. The molecule has 8 heteroatoms. The van der Waals surface area contributed by atoms with Crippen LogP contribution in [0.4, 0.5) is 10.1 Å². The van der Waals surface area contributed by atoms with E-state index in [-0.39, 0.29) is 16.4 Å². The molecule has 114 valence electrons. The molecule has 1 aromatic heterocycles. The van der Waals surface area contributed by atoms with Crippen LogP contribution >= 0.6 is 23.2 Å². The molecule has 1 amide bonds. The topological polar surface area (TPSA) is 68.3 Å². The fourth-order valence-corrected chi connectivity index (χ4v) is 1.82. The van der Waals surface area contributed by atoms with Gasteiger partial charge in [0.2, 0.25) is 0 Å². The number of aromatic nitrogens is 1. The van der Waals surface area contributed by atoms with Crippen molar-refractivity contribution in [3.05, 3.63) is 58.1 Å². The van der Waals surface area contributed by atoms with Crippen molar-refractivity contribution in [2.75, 3.05) is 11.9 Å². The smallest absolute Gasteiger partial charge is 0.357 e. The van der Waals surface area contributed by atoms with E-state index in [0.717, 1.165) is 6.07 Å². The summed E-state index contributed by atoms with van der Waals surface area (Å²) in [6.45, 7) is -0.588. The number of hydrogen-bond donors (Lipinski definition) is 1. The molecule has 0 atom stereocenters. The van der Waals surface area contributed by atoms with Gasteiger partial charge in [-0.1, -0.05) is 23.2 Å². The first-order chi connectivity index (χ1) is 10.5. The maximum atomic E-state index is 13.5. The van der Waals surface area contributed by atoms with E-state index in [1.165, 1.54) is 30.5 Å². The zero-order chi connectivity index (χ0) is 16.1. The quantitative estimate of drug-likeness (QED) is 0.865. The van der Waals surface area contributed by atoms with Crippen LogP contribution in [0.3, 0.4) is 0 Å². The van der Waals surface area contributed by atoms with Gasteiger partial charge in [0.05, 0.1) is 5.69 Å². The molecule has 0 radical (unpaired) electrons. The average molecular weight is 343 g/mol. The van der Waals surface area contributed by atoms with E-state index in [4.69, 9.17) is 27.9 Å². The zero-order valence-electron chi connectivity index (χ0n) is 11.0. The monoisotopic (exact) mass is 342 g/mol.